The van der Waals surface area contributed by atoms with Gasteiger partial charge in [-0.3, -0.25) is 4.79 Å². The first-order chi connectivity index (χ1) is 7.58. The summed E-state index contributed by atoms with van der Waals surface area (Å²) in [6.07, 6.45) is 2.18. The average molecular weight is 231 g/mol. The minimum atomic E-state index is -1.09. The zero-order chi connectivity index (χ0) is 12.0. The molecule has 0 aromatic heterocycles. The number of amides is 1. The second-order valence-electron chi connectivity index (χ2n) is 4.02. The van der Waals surface area contributed by atoms with Crippen LogP contribution in [0.4, 0.5) is 0 Å². The van der Waals surface area contributed by atoms with Crippen molar-refractivity contribution < 1.29 is 24.5 Å². The number of carboxylic acid groups (broad SMARTS) is 1. The van der Waals surface area contributed by atoms with Crippen LogP contribution in [0.1, 0.15) is 19.3 Å². The number of carboxylic acids is 1. The molecular formula is C10H17NO5. The van der Waals surface area contributed by atoms with E-state index in [4.69, 9.17) is 5.11 Å². The number of rotatable bonds is 6. The number of carbonyl (C=O) groups is 2. The Labute approximate surface area is 93.6 Å². The van der Waals surface area contributed by atoms with E-state index in [9.17, 15) is 14.7 Å². The predicted octanol–water partition coefficient (Wildman–Crippen LogP) is -0.635. The molecular weight excluding hydrogens is 214 g/mol. The normalized spacial score (nSPS) is 24.3. The molecule has 1 aliphatic carbocycles. The van der Waals surface area contributed by atoms with Gasteiger partial charge in [0.1, 0.15) is 13.2 Å². The van der Waals surface area contributed by atoms with Crippen molar-refractivity contribution in [1.29, 1.82) is 0 Å². The Hall–Kier alpha value is -1.14. The van der Waals surface area contributed by atoms with E-state index in [1.165, 1.54) is 0 Å². The monoisotopic (exact) mass is 231 g/mol. The lowest BCUT2D eigenvalue weighted by Gasteiger charge is -2.10. The Morgan fingerprint density at radius 3 is 2.62 bits per heavy atom. The molecule has 2 unspecified atom stereocenters. The van der Waals surface area contributed by atoms with Crippen molar-refractivity contribution >= 4 is 11.9 Å². The van der Waals surface area contributed by atoms with Gasteiger partial charge in [0.15, 0.2) is 0 Å². The molecule has 0 radical (unpaired) electrons. The van der Waals surface area contributed by atoms with Crippen molar-refractivity contribution in [3.8, 4) is 0 Å². The van der Waals surface area contributed by atoms with Gasteiger partial charge in [-0.15, -0.1) is 0 Å². The van der Waals surface area contributed by atoms with Crippen LogP contribution in [0.5, 0.6) is 0 Å². The molecule has 1 fully saturated rings. The van der Waals surface area contributed by atoms with Crippen LogP contribution < -0.4 is 5.32 Å². The molecule has 0 heterocycles. The van der Waals surface area contributed by atoms with E-state index in [-0.39, 0.29) is 18.6 Å². The van der Waals surface area contributed by atoms with Crippen molar-refractivity contribution in [3.05, 3.63) is 0 Å². The molecule has 92 valence electrons. The number of hydrogen-bond donors (Lipinski definition) is 3. The molecule has 6 nitrogen and oxygen atoms in total. The number of aliphatic hydroxyl groups excluding tert-OH is 1. The summed E-state index contributed by atoms with van der Waals surface area (Å²) in [4.78, 5) is 21.3. The van der Waals surface area contributed by atoms with Crippen molar-refractivity contribution in [1.82, 2.24) is 5.32 Å². The maximum atomic E-state index is 11.2. The van der Waals surface area contributed by atoms with Crippen LogP contribution in [0, 0.1) is 5.92 Å². The minimum absolute atomic E-state index is 0.235. The van der Waals surface area contributed by atoms with Gasteiger partial charge in [0, 0.05) is 6.54 Å². The molecule has 1 rings (SSSR count). The molecule has 0 aromatic carbocycles. The Balaban J connectivity index is 2.04. The van der Waals surface area contributed by atoms with Gasteiger partial charge in [0.05, 0.1) is 6.10 Å². The first-order valence-electron chi connectivity index (χ1n) is 5.32. The van der Waals surface area contributed by atoms with Crippen LogP contribution in [0.25, 0.3) is 0 Å². The fourth-order valence-electron chi connectivity index (χ4n) is 1.77. The zero-order valence-electron chi connectivity index (χ0n) is 9.02. The Morgan fingerprint density at radius 2 is 2.06 bits per heavy atom. The first-order valence-corrected chi connectivity index (χ1v) is 5.32. The summed E-state index contributed by atoms with van der Waals surface area (Å²) in [6.45, 7) is -0.177. The predicted molar refractivity (Wildman–Crippen MR) is 54.8 cm³/mol. The van der Waals surface area contributed by atoms with Gasteiger partial charge in [-0.2, -0.15) is 0 Å². The lowest BCUT2D eigenvalue weighted by atomic mass is 10.1. The fourth-order valence-corrected chi connectivity index (χ4v) is 1.77. The third kappa shape index (κ3) is 5.09. The second kappa shape index (κ2) is 6.44. The lowest BCUT2D eigenvalue weighted by Crippen LogP contribution is -2.32. The Bertz CT molecular complexity index is 256. The summed E-state index contributed by atoms with van der Waals surface area (Å²) >= 11 is 0. The van der Waals surface area contributed by atoms with E-state index in [0.717, 1.165) is 19.3 Å². The number of ether oxygens (including phenoxy) is 1. The molecule has 1 saturated carbocycles. The standard InChI is InChI=1S/C10H17NO5/c12-8-2-1-7(3-8)4-11-9(13)5-16-6-10(14)15/h7-8,12H,1-6H2,(H,11,13)(H,14,15). The smallest absolute Gasteiger partial charge is 0.329 e. The summed E-state index contributed by atoms with van der Waals surface area (Å²) in [5.74, 6) is -1.09. The summed E-state index contributed by atoms with van der Waals surface area (Å²) in [7, 11) is 0. The third-order valence-corrected chi connectivity index (χ3v) is 2.56. The van der Waals surface area contributed by atoms with Crippen LogP contribution in [-0.2, 0) is 14.3 Å². The average Bonchev–Trinajstić information content (AvgIpc) is 2.61. The van der Waals surface area contributed by atoms with E-state index in [1.54, 1.807) is 0 Å². The van der Waals surface area contributed by atoms with Gasteiger partial charge in [-0.25, -0.2) is 4.79 Å². The molecule has 1 aliphatic rings. The van der Waals surface area contributed by atoms with Gasteiger partial charge in [0.2, 0.25) is 5.91 Å². The summed E-state index contributed by atoms with van der Waals surface area (Å²) < 4.78 is 4.63. The Kier molecular flexibility index (Phi) is 5.21. The summed E-state index contributed by atoms with van der Waals surface area (Å²) in [5, 5.41) is 20.2. The SMILES string of the molecule is O=C(O)COCC(=O)NCC1CCC(O)C1. The molecule has 0 spiro atoms. The fraction of sp³-hybridized carbons (Fsp3) is 0.800. The number of carbonyl (C=O) groups excluding carboxylic acids is 1. The molecule has 0 aromatic rings. The number of aliphatic carboxylic acids is 1. The van der Waals surface area contributed by atoms with E-state index in [1.807, 2.05) is 0 Å². The number of aliphatic hydroxyl groups is 1. The van der Waals surface area contributed by atoms with Crippen LogP contribution in [0.2, 0.25) is 0 Å². The maximum Gasteiger partial charge on any atom is 0.329 e. The second-order valence-corrected chi connectivity index (χ2v) is 4.02. The van der Waals surface area contributed by atoms with Crippen LogP contribution in [0.3, 0.4) is 0 Å². The highest BCUT2D eigenvalue weighted by molar-refractivity contribution is 5.77. The van der Waals surface area contributed by atoms with Gasteiger partial charge >= 0.3 is 5.97 Å². The van der Waals surface area contributed by atoms with Gasteiger partial charge in [0.25, 0.3) is 0 Å². The highest BCUT2D eigenvalue weighted by Crippen LogP contribution is 2.24. The number of hydrogen-bond acceptors (Lipinski definition) is 4. The third-order valence-electron chi connectivity index (χ3n) is 2.56. The molecule has 0 aliphatic heterocycles. The van der Waals surface area contributed by atoms with Crippen molar-refractivity contribution in [2.45, 2.75) is 25.4 Å². The first kappa shape index (κ1) is 12.9. The van der Waals surface area contributed by atoms with Crippen molar-refractivity contribution in [2.75, 3.05) is 19.8 Å². The maximum absolute atomic E-state index is 11.2. The van der Waals surface area contributed by atoms with E-state index in [2.05, 4.69) is 10.1 Å². The zero-order valence-corrected chi connectivity index (χ0v) is 9.02. The molecule has 0 saturated heterocycles. The topological polar surface area (TPSA) is 95.9 Å². The molecule has 1 amide bonds. The summed E-state index contributed by atoms with van der Waals surface area (Å²) in [6, 6.07) is 0. The quantitative estimate of drug-likeness (QED) is 0.565. The van der Waals surface area contributed by atoms with E-state index in [0.29, 0.717) is 12.5 Å². The van der Waals surface area contributed by atoms with Crippen LogP contribution in [-0.4, -0.2) is 48.0 Å². The highest BCUT2D eigenvalue weighted by atomic mass is 16.5. The molecule has 2 atom stereocenters. The largest absolute Gasteiger partial charge is 0.480 e. The Morgan fingerprint density at radius 1 is 1.31 bits per heavy atom. The van der Waals surface area contributed by atoms with Crippen LogP contribution in [0.15, 0.2) is 0 Å². The minimum Gasteiger partial charge on any atom is -0.480 e. The summed E-state index contributed by atoms with van der Waals surface area (Å²) in [5.41, 5.74) is 0. The van der Waals surface area contributed by atoms with Gasteiger partial charge in [-0.1, -0.05) is 0 Å². The molecule has 16 heavy (non-hydrogen) atoms. The highest BCUT2D eigenvalue weighted by Gasteiger charge is 2.22. The number of nitrogens with one attached hydrogen (secondary N) is 1. The molecule has 0 bridgehead atoms. The van der Waals surface area contributed by atoms with Crippen molar-refractivity contribution in [3.63, 3.8) is 0 Å². The van der Waals surface area contributed by atoms with E-state index < -0.39 is 12.6 Å². The van der Waals surface area contributed by atoms with Gasteiger partial charge in [-0.05, 0) is 25.2 Å². The van der Waals surface area contributed by atoms with Crippen molar-refractivity contribution in [2.24, 2.45) is 5.92 Å². The molecule has 3 N–H and O–H groups in total. The molecule has 6 heteroatoms. The van der Waals surface area contributed by atoms with Gasteiger partial charge < -0.3 is 20.3 Å². The van der Waals surface area contributed by atoms with Crippen LogP contribution >= 0.6 is 0 Å². The van der Waals surface area contributed by atoms with E-state index >= 15 is 0 Å². The lowest BCUT2D eigenvalue weighted by molar-refractivity contribution is -0.143.